The number of para-hydroxylation sites is 1. The summed E-state index contributed by atoms with van der Waals surface area (Å²) in [5.74, 6) is 7.61. The van der Waals surface area contributed by atoms with Gasteiger partial charge >= 0.3 is 0 Å². The van der Waals surface area contributed by atoms with Crippen molar-refractivity contribution in [3.63, 3.8) is 0 Å². The topological polar surface area (TPSA) is 47.3 Å². The molecule has 0 radical (unpaired) electrons. The van der Waals surface area contributed by atoms with Gasteiger partial charge in [-0.05, 0) is 18.9 Å². The van der Waals surface area contributed by atoms with Gasteiger partial charge < -0.3 is 4.74 Å². The molecule has 3 nitrogen and oxygen atoms in total. The number of benzene rings is 1. The Labute approximate surface area is 113 Å². The first-order valence-corrected chi connectivity index (χ1v) is 7.60. The summed E-state index contributed by atoms with van der Waals surface area (Å²) < 4.78 is 5.40. The monoisotopic (exact) mass is 266 g/mol. The van der Waals surface area contributed by atoms with Crippen LogP contribution < -0.4 is 16.0 Å². The summed E-state index contributed by atoms with van der Waals surface area (Å²) in [4.78, 5) is 0. The molecule has 1 atom stereocenters. The summed E-state index contributed by atoms with van der Waals surface area (Å²) >= 11 is 2.03. The van der Waals surface area contributed by atoms with Crippen molar-refractivity contribution in [2.45, 2.75) is 37.0 Å². The highest BCUT2D eigenvalue weighted by Gasteiger charge is 2.19. The normalized spacial score (nSPS) is 17.9. The van der Waals surface area contributed by atoms with Crippen LogP contribution in [0.5, 0.6) is 5.75 Å². The van der Waals surface area contributed by atoms with Crippen LogP contribution in [0.3, 0.4) is 0 Å². The van der Waals surface area contributed by atoms with Gasteiger partial charge in [-0.1, -0.05) is 31.0 Å². The number of nitrogens with one attached hydrogen (secondary N) is 1. The van der Waals surface area contributed by atoms with Crippen molar-refractivity contribution in [3.8, 4) is 5.75 Å². The summed E-state index contributed by atoms with van der Waals surface area (Å²) in [5.41, 5.74) is 4.06. The van der Waals surface area contributed by atoms with E-state index in [1.165, 1.54) is 25.7 Å². The van der Waals surface area contributed by atoms with E-state index in [1.54, 1.807) is 7.11 Å². The molecule has 0 heterocycles. The third kappa shape index (κ3) is 3.40. The van der Waals surface area contributed by atoms with Crippen LogP contribution in [0.2, 0.25) is 0 Å². The number of thioether (sulfide) groups is 1. The molecule has 18 heavy (non-hydrogen) atoms. The van der Waals surface area contributed by atoms with Crippen molar-refractivity contribution < 1.29 is 4.74 Å². The molecule has 4 heteroatoms. The lowest BCUT2D eigenvalue weighted by Gasteiger charge is -2.20. The average molecular weight is 266 g/mol. The Hall–Kier alpha value is -0.710. The molecule has 1 saturated carbocycles. The van der Waals surface area contributed by atoms with Gasteiger partial charge in [0.2, 0.25) is 0 Å². The molecule has 0 spiro atoms. The van der Waals surface area contributed by atoms with Crippen molar-refractivity contribution in [1.29, 1.82) is 0 Å². The lowest BCUT2D eigenvalue weighted by atomic mass is 10.1. The van der Waals surface area contributed by atoms with E-state index in [4.69, 9.17) is 10.6 Å². The van der Waals surface area contributed by atoms with Crippen molar-refractivity contribution in [2.24, 2.45) is 5.84 Å². The van der Waals surface area contributed by atoms with E-state index in [2.05, 4.69) is 11.5 Å². The summed E-state index contributed by atoms with van der Waals surface area (Å²) in [7, 11) is 1.70. The molecule has 1 aliphatic carbocycles. The molecule has 1 aromatic carbocycles. The molecule has 2 rings (SSSR count). The third-order valence-corrected chi connectivity index (χ3v) is 4.98. The van der Waals surface area contributed by atoms with E-state index >= 15 is 0 Å². The molecule has 0 amide bonds. The number of nitrogens with two attached hydrogens (primary N) is 1. The fourth-order valence-corrected chi connectivity index (χ4v) is 3.88. The maximum Gasteiger partial charge on any atom is 0.123 e. The van der Waals surface area contributed by atoms with Crippen LogP contribution in [0.15, 0.2) is 24.3 Å². The first-order chi connectivity index (χ1) is 8.85. The number of hydrogen-bond donors (Lipinski definition) is 2. The summed E-state index contributed by atoms with van der Waals surface area (Å²) in [6.45, 7) is 0. The fraction of sp³-hybridized carbons (Fsp3) is 0.571. The lowest BCUT2D eigenvalue weighted by Crippen LogP contribution is -2.30. The predicted molar refractivity (Wildman–Crippen MR) is 77.8 cm³/mol. The minimum absolute atomic E-state index is 0.159. The minimum atomic E-state index is 0.159. The van der Waals surface area contributed by atoms with E-state index in [9.17, 15) is 0 Å². The van der Waals surface area contributed by atoms with Gasteiger partial charge in [-0.3, -0.25) is 11.3 Å². The number of hydrazine groups is 1. The van der Waals surface area contributed by atoms with Crippen LogP contribution >= 0.6 is 11.8 Å². The maximum absolute atomic E-state index is 5.69. The number of methoxy groups -OCH3 is 1. The van der Waals surface area contributed by atoms with Crippen molar-refractivity contribution in [1.82, 2.24) is 5.43 Å². The molecule has 100 valence electrons. The molecule has 0 aliphatic heterocycles. The maximum atomic E-state index is 5.69. The van der Waals surface area contributed by atoms with Gasteiger partial charge in [0.1, 0.15) is 5.75 Å². The highest BCUT2D eigenvalue weighted by molar-refractivity contribution is 7.99. The SMILES string of the molecule is COc1ccccc1C(CSC1CCCC1)NN. The minimum Gasteiger partial charge on any atom is -0.496 e. The third-order valence-electron chi connectivity index (χ3n) is 3.52. The summed E-state index contributed by atoms with van der Waals surface area (Å²) in [6, 6.07) is 8.24. The van der Waals surface area contributed by atoms with E-state index in [-0.39, 0.29) is 6.04 Å². The highest BCUT2D eigenvalue weighted by atomic mass is 32.2. The zero-order chi connectivity index (χ0) is 12.8. The second-order valence-corrected chi connectivity index (χ2v) is 6.03. The van der Waals surface area contributed by atoms with Crippen molar-refractivity contribution in [3.05, 3.63) is 29.8 Å². The second kappa shape index (κ2) is 7.02. The molecular weight excluding hydrogens is 244 g/mol. The van der Waals surface area contributed by atoms with Gasteiger partial charge in [-0.2, -0.15) is 11.8 Å². The predicted octanol–water partition coefficient (Wildman–Crippen LogP) is 2.88. The zero-order valence-electron chi connectivity index (χ0n) is 10.9. The molecule has 1 unspecified atom stereocenters. The molecule has 0 bridgehead atoms. The molecular formula is C14H22N2OS. The van der Waals surface area contributed by atoms with E-state index in [0.29, 0.717) is 0 Å². The Morgan fingerprint density at radius 2 is 2.11 bits per heavy atom. The molecule has 0 saturated heterocycles. The van der Waals surface area contributed by atoms with E-state index in [1.807, 2.05) is 30.0 Å². The molecule has 0 aromatic heterocycles. The van der Waals surface area contributed by atoms with Crippen LogP contribution in [0.4, 0.5) is 0 Å². The molecule has 1 fully saturated rings. The molecule has 1 aliphatic rings. The smallest absolute Gasteiger partial charge is 0.123 e. The van der Waals surface area contributed by atoms with Gasteiger partial charge in [0, 0.05) is 16.6 Å². The Morgan fingerprint density at radius 1 is 1.39 bits per heavy atom. The van der Waals surface area contributed by atoms with Gasteiger partial charge in [-0.25, -0.2) is 0 Å². The second-order valence-electron chi connectivity index (χ2n) is 4.70. The summed E-state index contributed by atoms with van der Waals surface area (Å²) in [5, 5.41) is 0.815. The Balaban J connectivity index is 1.98. The number of rotatable bonds is 6. The molecule has 3 N–H and O–H groups in total. The van der Waals surface area contributed by atoms with Gasteiger partial charge in [0.25, 0.3) is 0 Å². The largest absolute Gasteiger partial charge is 0.496 e. The van der Waals surface area contributed by atoms with Gasteiger partial charge in [0.15, 0.2) is 0 Å². The number of hydrogen-bond acceptors (Lipinski definition) is 4. The highest BCUT2D eigenvalue weighted by Crippen LogP contribution is 2.33. The first-order valence-electron chi connectivity index (χ1n) is 6.55. The quantitative estimate of drug-likeness (QED) is 0.614. The Kier molecular flexibility index (Phi) is 5.35. The molecule has 1 aromatic rings. The lowest BCUT2D eigenvalue weighted by molar-refractivity contribution is 0.403. The first kappa shape index (κ1) is 13.7. The zero-order valence-corrected chi connectivity index (χ0v) is 11.7. The van der Waals surface area contributed by atoms with Crippen LogP contribution in [0.25, 0.3) is 0 Å². The van der Waals surface area contributed by atoms with Crippen molar-refractivity contribution in [2.75, 3.05) is 12.9 Å². The van der Waals surface area contributed by atoms with E-state index in [0.717, 1.165) is 22.3 Å². The van der Waals surface area contributed by atoms with E-state index < -0.39 is 0 Å². The van der Waals surface area contributed by atoms with Gasteiger partial charge in [-0.15, -0.1) is 0 Å². The van der Waals surface area contributed by atoms with Crippen LogP contribution in [-0.4, -0.2) is 18.1 Å². The fourth-order valence-electron chi connectivity index (χ4n) is 2.47. The van der Waals surface area contributed by atoms with Gasteiger partial charge in [0.05, 0.1) is 13.2 Å². The Bertz CT molecular complexity index is 367. The van der Waals surface area contributed by atoms with Crippen LogP contribution in [0.1, 0.15) is 37.3 Å². The van der Waals surface area contributed by atoms with Crippen LogP contribution in [-0.2, 0) is 0 Å². The number of ether oxygens (including phenoxy) is 1. The summed E-state index contributed by atoms with van der Waals surface area (Å²) in [6.07, 6.45) is 5.47. The average Bonchev–Trinajstić information content (AvgIpc) is 2.93. The van der Waals surface area contributed by atoms with Crippen LogP contribution in [0, 0.1) is 0 Å². The Morgan fingerprint density at radius 3 is 2.78 bits per heavy atom. The standard InChI is InChI=1S/C14H22N2OS/c1-17-14-9-5-4-8-12(14)13(16-15)10-18-11-6-2-3-7-11/h4-5,8-9,11,13,16H,2-3,6-7,10,15H2,1H3. The van der Waals surface area contributed by atoms with Crippen molar-refractivity contribution >= 4 is 11.8 Å².